The van der Waals surface area contributed by atoms with Gasteiger partial charge in [0.15, 0.2) is 11.5 Å². The molecule has 0 radical (unpaired) electrons. The zero-order valence-electron chi connectivity index (χ0n) is 12.9. The van der Waals surface area contributed by atoms with Crippen molar-refractivity contribution in [1.29, 1.82) is 0 Å². The third-order valence-electron chi connectivity index (χ3n) is 4.12. The van der Waals surface area contributed by atoms with Crippen LogP contribution in [0.3, 0.4) is 0 Å². The van der Waals surface area contributed by atoms with Crippen LogP contribution in [0.5, 0.6) is 11.5 Å². The maximum Gasteiger partial charge on any atom is 0.162 e. The molecule has 4 nitrogen and oxygen atoms in total. The van der Waals surface area contributed by atoms with Crippen LogP contribution in [-0.2, 0) is 6.54 Å². The number of likely N-dealkylation sites (tertiary alicyclic amines) is 1. The fraction of sp³-hybridized carbons (Fsp3) is 0.625. The standard InChI is InChI=1S/C16H25ClN2O2/c1-3-18-10-12-4-6-19(7-5-12)11-13-8-14(17)9-15(21-2)16(13)20/h8-9,12,18,20H,3-7,10-11H2,1-2H3. The molecule has 1 heterocycles. The molecular weight excluding hydrogens is 288 g/mol. The Hall–Kier alpha value is -0.970. The van der Waals surface area contributed by atoms with Crippen molar-refractivity contribution in [2.24, 2.45) is 5.92 Å². The van der Waals surface area contributed by atoms with E-state index in [1.165, 1.54) is 12.8 Å². The van der Waals surface area contributed by atoms with E-state index in [1.807, 2.05) is 6.07 Å². The zero-order chi connectivity index (χ0) is 15.2. The first-order valence-electron chi connectivity index (χ1n) is 7.62. The normalized spacial score (nSPS) is 17.1. The minimum absolute atomic E-state index is 0.205. The number of phenolic OH excluding ortho intramolecular Hbond substituents is 1. The van der Waals surface area contributed by atoms with Gasteiger partial charge < -0.3 is 15.2 Å². The fourth-order valence-corrected chi connectivity index (χ4v) is 3.07. The molecule has 1 aromatic rings. The first-order chi connectivity index (χ1) is 10.1. The van der Waals surface area contributed by atoms with Crippen LogP contribution in [0.2, 0.25) is 5.02 Å². The van der Waals surface area contributed by atoms with Gasteiger partial charge in [0.25, 0.3) is 0 Å². The van der Waals surface area contributed by atoms with Gasteiger partial charge in [0.1, 0.15) is 0 Å². The Balaban J connectivity index is 1.93. The van der Waals surface area contributed by atoms with Crippen molar-refractivity contribution in [3.05, 3.63) is 22.7 Å². The summed E-state index contributed by atoms with van der Waals surface area (Å²) in [6, 6.07) is 3.47. The molecule has 1 aromatic carbocycles. The van der Waals surface area contributed by atoms with Crippen molar-refractivity contribution in [3.63, 3.8) is 0 Å². The van der Waals surface area contributed by atoms with Crippen molar-refractivity contribution >= 4 is 11.6 Å². The predicted molar refractivity (Wildman–Crippen MR) is 86.2 cm³/mol. The lowest BCUT2D eigenvalue weighted by Gasteiger charge is -2.32. The summed E-state index contributed by atoms with van der Waals surface area (Å²) in [7, 11) is 1.54. The number of nitrogens with one attached hydrogen (secondary N) is 1. The van der Waals surface area contributed by atoms with Crippen molar-refractivity contribution in [2.45, 2.75) is 26.3 Å². The number of methoxy groups -OCH3 is 1. The van der Waals surface area contributed by atoms with Crippen LogP contribution >= 0.6 is 11.6 Å². The molecule has 0 bridgehead atoms. The summed E-state index contributed by atoms with van der Waals surface area (Å²) in [5, 5.41) is 14.2. The molecule has 0 spiro atoms. The van der Waals surface area contributed by atoms with Crippen molar-refractivity contribution in [2.75, 3.05) is 33.3 Å². The maximum absolute atomic E-state index is 10.2. The quantitative estimate of drug-likeness (QED) is 0.848. The monoisotopic (exact) mass is 312 g/mol. The third kappa shape index (κ3) is 4.50. The summed E-state index contributed by atoms with van der Waals surface area (Å²) < 4.78 is 5.16. The first kappa shape index (κ1) is 16.4. The van der Waals surface area contributed by atoms with Gasteiger partial charge >= 0.3 is 0 Å². The average Bonchev–Trinajstić information content (AvgIpc) is 2.49. The SMILES string of the molecule is CCNCC1CCN(Cc2cc(Cl)cc(OC)c2O)CC1. The number of rotatable bonds is 6. The Morgan fingerprint density at radius 2 is 2.10 bits per heavy atom. The molecule has 1 aliphatic heterocycles. The smallest absolute Gasteiger partial charge is 0.162 e. The van der Waals surface area contributed by atoms with Gasteiger partial charge in [-0.1, -0.05) is 18.5 Å². The van der Waals surface area contributed by atoms with E-state index in [9.17, 15) is 5.11 Å². The summed E-state index contributed by atoms with van der Waals surface area (Å²) >= 11 is 6.08. The fourth-order valence-electron chi connectivity index (χ4n) is 2.84. The molecule has 21 heavy (non-hydrogen) atoms. The van der Waals surface area contributed by atoms with Crippen LogP contribution in [0.4, 0.5) is 0 Å². The van der Waals surface area contributed by atoms with Gasteiger partial charge in [-0.25, -0.2) is 0 Å². The summed E-state index contributed by atoms with van der Waals surface area (Å²) in [5.41, 5.74) is 0.837. The number of nitrogens with zero attached hydrogens (tertiary/aromatic N) is 1. The van der Waals surface area contributed by atoms with E-state index in [0.29, 0.717) is 10.8 Å². The number of aromatic hydroxyl groups is 1. The molecule has 2 rings (SSSR count). The lowest BCUT2D eigenvalue weighted by atomic mass is 9.96. The van der Waals surface area contributed by atoms with Crippen LogP contribution in [0.15, 0.2) is 12.1 Å². The zero-order valence-corrected chi connectivity index (χ0v) is 13.6. The molecule has 1 saturated heterocycles. The number of hydrogen-bond acceptors (Lipinski definition) is 4. The molecule has 0 atom stereocenters. The molecule has 2 N–H and O–H groups in total. The van der Waals surface area contributed by atoms with Crippen LogP contribution in [0.25, 0.3) is 0 Å². The molecule has 5 heteroatoms. The summed E-state index contributed by atoms with van der Waals surface area (Å²) in [6.07, 6.45) is 2.40. The minimum Gasteiger partial charge on any atom is -0.504 e. The van der Waals surface area contributed by atoms with E-state index in [1.54, 1.807) is 13.2 Å². The number of phenols is 1. The number of ether oxygens (including phenoxy) is 1. The topological polar surface area (TPSA) is 44.7 Å². The van der Waals surface area contributed by atoms with Gasteiger partial charge in [-0.05, 0) is 51.0 Å². The molecular formula is C16H25ClN2O2. The third-order valence-corrected chi connectivity index (χ3v) is 4.34. The molecule has 0 aliphatic carbocycles. The van der Waals surface area contributed by atoms with Crippen molar-refractivity contribution in [1.82, 2.24) is 10.2 Å². The van der Waals surface area contributed by atoms with Gasteiger partial charge in [-0.15, -0.1) is 0 Å². The van der Waals surface area contributed by atoms with Gasteiger partial charge in [-0.3, -0.25) is 4.90 Å². The highest BCUT2D eigenvalue weighted by molar-refractivity contribution is 6.30. The van der Waals surface area contributed by atoms with Crippen LogP contribution in [-0.4, -0.2) is 43.3 Å². The second kappa shape index (κ2) is 7.87. The largest absolute Gasteiger partial charge is 0.504 e. The molecule has 118 valence electrons. The van der Waals surface area contributed by atoms with Crippen LogP contribution in [0, 0.1) is 5.92 Å². The summed E-state index contributed by atoms with van der Waals surface area (Å²) in [4.78, 5) is 2.37. The van der Waals surface area contributed by atoms with Crippen LogP contribution < -0.4 is 10.1 Å². The second-order valence-corrected chi connectivity index (χ2v) is 6.08. The highest BCUT2D eigenvalue weighted by Crippen LogP contribution is 2.34. The van der Waals surface area contributed by atoms with E-state index >= 15 is 0 Å². The van der Waals surface area contributed by atoms with E-state index < -0.39 is 0 Å². The van der Waals surface area contributed by atoms with Gasteiger partial charge in [0.2, 0.25) is 0 Å². The van der Waals surface area contributed by atoms with Crippen molar-refractivity contribution in [3.8, 4) is 11.5 Å². The van der Waals surface area contributed by atoms with E-state index in [4.69, 9.17) is 16.3 Å². The van der Waals surface area contributed by atoms with E-state index in [-0.39, 0.29) is 5.75 Å². The molecule has 0 aromatic heterocycles. The molecule has 0 saturated carbocycles. The number of halogens is 1. The lowest BCUT2D eigenvalue weighted by Crippen LogP contribution is -2.36. The van der Waals surface area contributed by atoms with Gasteiger partial charge in [0, 0.05) is 23.2 Å². The molecule has 0 amide bonds. The Morgan fingerprint density at radius 1 is 1.38 bits per heavy atom. The number of hydrogen-bond donors (Lipinski definition) is 2. The highest BCUT2D eigenvalue weighted by Gasteiger charge is 2.20. The van der Waals surface area contributed by atoms with Crippen LogP contribution in [0.1, 0.15) is 25.3 Å². The van der Waals surface area contributed by atoms with E-state index in [0.717, 1.165) is 44.2 Å². The molecule has 1 aliphatic rings. The molecule has 0 unspecified atom stereocenters. The average molecular weight is 313 g/mol. The van der Waals surface area contributed by atoms with E-state index in [2.05, 4.69) is 17.1 Å². The number of piperidine rings is 1. The lowest BCUT2D eigenvalue weighted by molar-refractivity contribution is 0.174. The van der Waals surface area contributed by atoms with Gasteiger partial charge in [-0.2, -0.15) is 0 Å². The Morgan fingerprint density at radius 3 is 2.71 bits per heavy atom. The summed E-state index contributed by atoms with van der Waals surface area (Å²) in [5.74, 6) is 1.42. The predicted octanol–water partition coefficient (Wildman–Crippen LogP) is 2.88. The second-order valence-electron chi connectivity index (χ2n) is 5.64. The minimum atomic E-state index is 0.205. The summed E-state index contributed by atoms with van der Waals surface area (Å²) in [6.45, 7) is 7.13. The Bertz CT molecular complexity index is 460. The Kier molecular flexibility index (Phi) is 6.15. The maximum atomic E-state index is 10.2. The van der Waals surface area contributed by atoms with Gasteiger partial charge in [0.05, 0.1) is 7.11 Å². The molecule has 1 fully saturated rings. The Labute approximate surface area is 132 Å². The highest BCUT2D eigenvalue weighted by atomic mass is 35.5. The number of benzene rings is 1. The van der Waals surface area contributed by atoms with Crippen molar-refractivity contribution < 1.29 is 9.84 Å². The first-order valence-corrected chi connectivity index (χ1v) is 8.00.